The maximum Gasteiger partial charge on any atom is 0.266 e. The molecule has 0 saturated carbocycles. The number of carbonyl (C=O) groups is 1. The Morgan fingerprint density at radius 1 is 1.41 bits per heavy atom. The van der Waals surface area contributed by atoms with E-state index in [1.807, 2.05) is 24.3 Å². The Morgan fingerprint density at radius 3 is 2.88 bits per heavy atom. The molecule has 0 radical (unpaired) electrons. The summed E-state index contributed by atoms with van der Waals surface area (Å²) in [5.41, 5.74) is 0. The van der Waals surface area contributed by atoms with Gasteiger partial charge in [0.25, 0.3) is 5.91 Å². The molecule has 5 heteroatoms. The van der Waals surface area contributed by atoms with Gasteiger partial charge in [0, 0.05) is 4.88 Å². The van der Waals surface area contributed by atoms with Crippen molar-refractivity contribution in [3.8, 4) is 0 Å². The molecule has 0 aliphatic heterocycles. The second kappa shape index (κ2) is 5.42. The number of anilines is 1. The van der Waals surface area contributed by atoms with Crippen LogP contribution in [0.5, 0.6) is 0 Å². The topological polar surface area (TPSA) is 42.0 Å². The molecule has 0 aliphatic carbocycles. The van der Waals surface area contributed by atoms with Crippen molar-refractivity contribution in [1.82, 2.24) is 4.98 Å². The summed E-state index contributed by atoms with van der Waals surface area (Å²) < 4.78 is 0.704. The van der Waals surface area contributed by atoms with Gasteiger partial charge in [-0.05, 0) is 46.6 Å². The van der Waals surface area contributed by atoms with E-state index in [0.29, 0.717) is 15.3 Å². The number of nitrogens with one attached hydrogen (secondary N) is 1. The summed E-state index contributed by atoms with van der Waals surface area (Å²) in [4.78, 5) is 18.0. The second-order valence-corrected chi connectivity index (χ2v) is 5.40. The Labute approximate surface area is 112 Å². The van der Waals surface area contributed by atoms with Crippen LogP contribution >= 0.6 is 27.3 Å². The third kappa shape index (κ3) is 3.14. The van der Waals surface area contributed by atoms with E-state index < -0.39 is 0 Å². The fourth-order valence-corrected chi connectivity index (χ4v) is 2.53. The largest absolute Gasteiger partial charge is 0.306 e. The molecule has 3 nitrogen and oxygen atoms in total. The molecule has 88 valence electrons. The number of amides is 1. The molecule has 1 amide bonds. The first-order chi connectivity index (χ1) is 8.19. The van der Waals surface area contributed by atoms with Gasteiger partial charge in [0.2, 0.25) is 0 Å². The van der Waals surface area contributed by atoms with Gasteiger partial charge >= 0.3 is 0 Å². The van der Waals surface area contributed by atoms with Crippen molar-refractivity contribution < 1.29 is 4.79 Å². The number of hydrogen-bond acceptors (Lipinski definition) is 3. The van der Waals surface area contributed by atoms with Crippen molar-refractivity contribution in [3.63, 3.8) is 0 Å². The van der Waals surface area contributed by atoms with E-state index in [-0.39, 0.29) is 5.91 Å². The zero-order chi connectivity index (χ0) is 12.3. The first kappa shape index (κ1) is 12.3. The van der Waals surface area contributed by atoms with Gasteiger partial charge < -0.3 is 5.32 Å². The minimum atomic E-state index is -0.111. The van der Waals surface area contributed by atoms with Crippen LogP contribution in [0.1, 0.15) is 21.5 Å². The quantitative estimate of drug-likeness (QED) is 0.878. The average molecular weight is 311 g/mol. The fourth-order valence-electron chi connectivity index (χ4n) is 1.35. The smallest absolute Gasteiger partial charge is 0.266 e. The van der Waals surface area contributed by atoms with Crippen molar-refractivity contribution >= 4 is 39.0 Å². The molecule has 0 aromatic carbocycles. The SMILES string of the molecule is CCc1ccc(C(=O)Nc2cccc(Br)n2)s1. The first-order valence-corrected chi connectivity index (χ1v) is 6.82. The van der Waals surface area contributed by atoms with Gasteiger partial charge in [-0.2, -0.15) is 0 Å². The van der Waals surface area contributed by atoms with E-state index in [2.05, 4.69) is 33.2 Å². The molecular weight excluding hydrogens is 300 g/mol. The molecule has 2 aromatic heterocycles. The van der Waals surface area contributed by atoms with Gasteiger partial charge in [-0.15, -0.1) is 11.3 Å². The summed E-state index contributed by atoms with van der Waals surface area (Å²) in [5, 5.41) is 2.77. The molecule has 0 saturated heterocycles. The fraction of sp³-hybridized carbons (Fsp3) is 0.167. The summed E-state index contributed by atoms with van der Waals surface area (Å²) >= 11 is 4.78. The monoisotopic (exact) mass is 310 g/mol. The number of halogens is 1. The highest BCUT2D eigenvalue weighted by atomic mass is 79.9. The highest BCUT2D eigenvalue weighted by Crippen LogP contribution is 2.18. The van der Waals surface area contributed by atoms with Crippen molar-refractivity contribution in [2.75, 3.05) is 5.32 Å². The van der Waals surface area contributed by atoms with Crippen LogP contribution in [0, 0.1) is 0 Å². The molecule has 0 bridgehead atoms. The molecule has 0 atom stereocenters. The number of nitrogens with zero attached hydrogens (tertiary/aromatic N) is 1. The molecule has 2 rings (SSSR count). The molecule has 1 N–H and O–H groups in total. The lowest BCUT2D eigenvalue weighted by Gasteiger charge is -2.02. The Bertz CT molecular complexity index is 539. The van der Waals surface area contributed by atoms with Crippen LogP contribution in [-0.2, 0) is 6.42 Å². The van der Waals surface area contributed by atoms with Crippen LogP contribution < -0.4 is 5.32 Å². The summed E-state index contributed by atoms with van der Waals surface area (Å²) in [6.07, 6.45) is 0.951. The van der Waals surface area contributed by atoms with E-state index in [0.717, 1.165) is 6.42 Å². The van der Waals surface area contributed by atoms with Crippen LogP contribution in [0.15, 0.2) is 34.9 Å². The van der Waals surface area contributed by atoms with Gasteiger partial charge in [0.15, 0.2) is 0 Å². The van der Waals surface area contributed by atoms with Crippen LogP contribution in [0.3, 0.4) is 0 Å². The van der Waals surface area contributed by atoms with E-state index in [1.165, 1.54) is 16.2 Å². The van der Waals surface area contributed by atoms with Gasteiger partial charge in [-0.3, -0.25) is 4.79 Å². The predicted molar refractivity (Wildman–Crippen MR) is 73.6 cm³/mol. The number of hydrogen-bond donors (Lipinski definition) is 1. The van der Waals surface area contributed by atoms with Crippen LogP contribution in [-0.4, -0.2) is 10.9 Å². The predicted octanol–water partition coefficient (Wildman–Crippen LogP) is 3.72. The molecule has 0 spiro atoms. The standard InChI is InChI=1S/C12H11BrN2OS/c1-2-8-6-7-9(17-8)12(16)15-11-5-3-4-10(13)14-11/h3-7H,2H2,1H3,(H,14,15,16). The zero-order valence-corrected chi connectivity index (χ0v) is 11.6. The van der Waals surface area contributed by atoms with Gasteiger partial charge in [-0.25, -0.2) is 4.98 Å². The third-order valence-electron chi connectivity index (χ3n) is 2.19. The first-order valence-electron chi connectivity index (χ1n) is 5.21. The van der Waals surface area contributed by atoms with Crippen LogP contribution in [0.2, 0.25) is 0 Å². The maximum atomic E-state index is 11.9. The highest BCUT2D eigenvalue weighted by molar-refractivity contribution is 9.10. The minimum Gasteiger partial charge on any atom is -0.306 e. The molecule has 0 aliphatic rings. The minimum absolute atomic E-state index is 0.111. The van der Waals surface area contributed by atoms with E-state index in [4.69, 9.17) is 0 Å². The molecule has 0 unspecified atom stereocenters. The molecule has 2 aromatic rings. The van der Waals surface area contributed by atoms with Crippen molar-refractivity contribution in [1.29, 1.82) is 0 Å². The molecular formula is C12H11BrN2OS. The van der Waals surface area contributed by atoms with Gasteiger partial charge in [0.1, 0.15) is 10.4 Å². The van der Waals surface area contributed by atoms with Crippen LogP contribution in [0.4, 0.5) is 5.82 Å². The molecule has 0 fully saturated rings. The van der Waals surface area contributed by atoms with Crippen molar-refractivity contribution in [2.45, 2.75) is 13.3 Å². The van der Waals surface area contributed by atoms with Crippen molar-refractivity contribution in [3.05, 3.63) is 44.7 Å². The lowest BCUT2D eigenvalue weighted by Crippen LogP contribution is -2.11. The lowest BCUT2D eigenvalue weighted by molar-refractivity contribution is 0.103. The molecule has 17 heavy (non-hydrogen) atoms. The van der Waals surface area contributed by atoms with Gasteiger partial charge in [0.05, 0.1) is 4.88 Å². The van der Waals surface area contributed by atoms with E-state index >= 15 is 0 Å². The number of thiophene rings is 1. The van der Waals surface area contributed by atoms with Crippen LogP contribution in [0.25, 0.3) is 0 Å². The molecule has 2 heterocycles. The van der Waals surface area contributed by atoms with E-state index in [9.17, 15) is 4.79 Å². The maximum absolute atomic E-state index is 11.9. The normalized spacial score (nSPS) is 10.2. The number of rotatable bonds is 3. The Morgan fingerprint density at radius 2 is 2.24 bits per heavy atom. The summed E-state index contributed by atoms with van der Waals surface area (Å²) in [6, 6.07) is 9.23. The number of aromatic nitrogens is 1. The summed E-state index contributed by atoms with van der Waals surface area (Å²) in [5.74, 6) is 0.441. The van der Waals surface area contributed by atoms with E-state index in [1.54, 1.807) is 6.07 Å². The Kier molecular flexibility index (Phi) is 3.91. The van der Waals surface area contributed by atoms with Crippen molar-refractivity contribution in [2.24, 2.45) is 0 Å². The third-order valence-corrected chi connectivity index (χ3v) is 3.86. The highest BCUT2D eigenvalue weighted by Gasteiger charge is 2.09. The number of aryl methyl sites for hydroxylation is 1. The number of carbonyl (C=O) groups excluding carboxylic acids is 1. The second-order valence-electron chi connectivity index (χ2n) is 3.42. The summed E-state index contributed by atoms with van der Waals surface area (Å²) in [7, 11) is 0. The average Bonchev–Trinajstić information content (AvgIpc) is 2.77. The Hall–Kier alpha value is -1.20. The number of pyridine rings is 1. The Balaban J connectivity index is 2.11. The lowest BCUT2D eigenvalue weighted by atomic mass is 10.3. The summed E-state index contributed by atoms with van der Waals surface area (Å²) in [6.45, 7) is 2.07. The van der Waals surface area contributed by atoms with Gasteiger partial charge in [-0.1, -0.05) is 13.0 Å². The zero-order valence-electron chi connectivity index (χ0n) is 9.24.